The summed E-state index contributed by atoms with van der Waals surface area (Å²) in [5.41, 5.74) is 0. The summed E-state index contributed by atoms with van der Waals surface area (Å²) in [7, 11) is 0. The smallest absolute Gasteiger partial charge is 0.0834 e. The van der Waals surface area contributed by atoms with E-state index in [0.29, 0.717) is 12.2 Å². The molecule has 1 aliphatic carbocycles. The van der Waals surface area contributed by atoms with Crippen LogP contribution in [0, 0.1) is 0 Å². The normalized spacial score (nSPS) is 30.7. The van der Waals surface area contributed by atoms with Crippen molar-refractivity contribution in [3.05, 3.63) is 0 Å². The summed E-state index contributed by atoms with van der Waals surface area (Å²) in [5, 5.41) is 3.46. The molecule has 0 spiro atoms. The molecule has 0 radical (unpaired) electrons. The lowest BCUT2D eigenvalue weighted by Gasteiger charge is -2.17. The van der Waals surface area contributed by atoms with Crippen molar-refractivity contribution in [2.24, 2.45) is 0 Å². The van der Waals surface area contributed by atoms with E-state index in [2.05, 4.69) is 12.2 Å². The Hall–Kier alpha value is -0.120. The van der Waals surface area contributed by atoms with Crippen LogP contribution in [0.2, 0.25) is 0 Å². The maximum absolute atomic E-state index is 5.80. The van der Waals surface area contributed by atoms with Crippen LogP contribution in [0.15, 0.2) is 0 Å². The second-order valence-electron chi connectivity index (χ2n) is 4.11. The van der Waals surface area contributed by atoms with Crippen molar-refractivity contribution in [2.75, 3.05) is 19.8 Å². The average Bonchev–Trinajstić information content (AvgIpc) is 2.82. The molecule has 76 valence electrons. The van der Waals surface area contributed by atoms with Crippen molar-refractivity contribution in [1.29, 1.82) is 0 Å². The first-order chi connectivity index (χ1) is 6.34. The zero-order valence-corrected chi connectivity index (χ0v) is 8.29. The first kappa shape index (κ1) is 9.44. The maximum atomic E-state index is 5.80. The fourth-order valence-electron chi connectivity index (χ4n) is 1.62. The summed E-state index contributed by atoms with van der Waals surface area (Å²) >= 11 is 0. The lowest BCUT2D eigenvalue weighted by Crippen LogP contribution is -2.31. The molecular formula is C10H19NO2. The number of nitrogens with one attached hydrogen (secondary N) is 1. The van der Waals surface area contributed by atoms with Crippen LogP contribution in [-0.4, -0.2) is 38.0 Å². The lowest BCUT2D eigenvalue weighted by molar-refractivity contribution is -0.00567. The molecule has 3 heteroatoms. The van der Waals surface area contributed by atoms with Crippen molar-refractivity contribution < 1.29 is 9.47 Å². The molecule has 0 amide bonds. The predicted molar refractivity (Wildman–Crippen MR) is 50.8 cm³/mol. The van der Waals surface area contributed by atoms with Crippen LogP contribution in [0.25, 0.3) is 0 Å². The van der Waals surface area contributed by atoms with Gasteiger partial charge in [-0.2, -0.15) is 0 Å². The van der Waals surface area contributed by atoms with Crippen LogP contribution in [0.1, 0.15) is 26.2 Å². The summed E-state index contributed by atoms with van der Waals surface area (Å²) < 4.78 is 11.1. The van der Waals surface area contributed by atoms with E-state index in [0.717, 1.165) is 32.2 Å². The third-order valence-corrected chi connectivity index (χ3v) is 2.58. The topological polar surface area (TPSA) is 30.5 Å². The van der Waals surface area contributed by atoms with Gasteiger partial charge in [0.1, 0.15) is 0 Å². The molecule has 1 heterocycles. The van der Waals surface area contributed by atoms with Crippen LogP contribution in [0.5, 0.6) is 0 Å². The van der Waals surface area contributed by atoms with E-state index in [-0.39, 0.29) is 0 Å². The highest BCUT2D eigenvalue weighted by atomic mass is 16.5. The number of ether oxygens (including phenoxy) is 2. The minimum Gasteiger partial charge on any atom is -0.379 e. The number of hydrogen-bond donors (Lipinski definition) is 1. The third kappa shape index (κ3) is 3.25. The zero-order chi connectivity index (χ0) is 9.10. The molecule has 0 aromatic heterocycles. The van der Waals surface area contributed by atoms with Gasteiger partial charge in [0, 0.05) is 19.2 Å². The Kier molecular flexibility index (Phi) is 3.19. The monoisotopic (exact) mass is 185 g/mol. The van der Waals surface area contributed by atoms with Gasteiger partial charge in [0.05, 0.1) is 18.8 Å². The summed E-state index contributed by atoms with van der Waals surface area (Å²) in [6.45, 7) is 4.77. The highest BCUT2D eigenvalue weighted by molar-refractivity contribution is 4.81. The molecule has 2 rings (SSSR count). The van der Waals surface area contributed by atoms with Gasteiger partial charge in [0.15, 0.2) is 0 Å². The largest absolute Gasteiger partial charge is 0.379 e. The van der Waals surface area contributed by atoms with Crippen LogP contribution in [0.3, 0.4) is 0 Å². The first-order valence-corrected chi connectivity index (χ1v) is 5.31. The van der Waals surface area contributed by atoms with Gasteiger partial charge in [-0.1, -0.05) is 0 Å². The summed E-state index contributed by atoms with van der Waals surface area (Å²) in [4.78, 5) is 0. The second kappa shape index (κ2) is 4.40. The fraction of sp³-hybridized carbons (Fsp3) is 1.00. The van der Waals surface area contributed by atoms with E-state index in [1.165, 1.54) is 12.8 Å². The van der Waals surface area contributed by atoms with Gasteiger partial charge in [0.2, 0.25) is 0 Å². The third-order valence-electron chi connectivity index (χ3n) is 2.58. The van der Waals surface area contributed by atoms with E-state index in [1.807, 2.05) is 0 Å². The standard InChI is InChI=1S/C10H19NO2/c1-8(6-11-9-2-3-9)13-10-4-5-12-7-10/h8-11H,2-7H2,1H3. The minimum absolute atomic E-state index is 0.326. The molecule has 2 atom stereocenters. The molecule has 13 heavy (non-hydrogen) atoms. The van der Waals surface area contributed by atoms with Crippen LogP contribution in [0.4, 0.5) is 0 Å². The minimum atomic E-state index is 0.326. The van der Waals surface area contributed by atoms with Crippen LogP contribution >= 0.6 is 0 Å². The molecule has 2 aliphatic rings. The van der Waals surface area contributed by atoms with Crippen molar-refractivity contribution in [3.8, 4) is 0 Å². The summed E-state index contributed by atoms with van der Waals surface area (Å²) in [6.07, 6.45) is 4.43. The van der Waals surface area contributed by atoms with Crippen molar-refractivity contribution >= 4 is 0 Å². The highest BCUT2D eigenvalue weighted by Crippen LogP contribution is 2.18. The number of rotatable bonds is 5. The second-order valence-corrected chi connectivity index (χ2v) is 4.11. The van der Waals surface area contributed by atoms with E-state index in [1.54, 1.807) is 0 Å². The molecule has 1 aliphatic heterocycles. The fourth-order valence-corrected chi connectivity index (χ4v) is 1.62. The van der Waals surface area contributed by atoms with E-state index in [9.17, 15) is 0 Å². The molecule has 0 bridgehead atoms. The van der Waals surface area contributed by atoms with Gasteiger partial charge in [-0.25, -0.2) is 0 Å². The van der Waals surface area contributed by atoms with Crippen LogP contribution < -0.4 is 5.32 Å². The molecule has 1 saturated heterocycles. The molecule has 2 unspecified atom stereocenters. The predicted octanol–water partition coefficient (Wildman–Crippen LogP) is 0.932. The van der Waals surface area contributed by atoms with Gasteiger partial charge in [-0.05, 0) is 26.2 Å². The van der Waals surface area contributed by atoms with Gasteiger partial charge >= 0.3 is 0 Å². The molecule has 2 fully saturated rings. The van der Waals surface area contributed by atoms with Crippen LogP contribution in [-0.2, 0) is 9.47 Å². The van der Waals surface area contributed by atoms with Crippen molar-refractivity contribution in [3.63, 3.8) is 0 Å². The van der Waals surface area contributed by atoms with E-state index in [4.69, 9.17) is 9.47 Å². The van der Waals surface area contributed by atoms with Gasteiger partial charge in [-0.3, -0.25) is 0 Å². The first-order valence-electron chi connectivity index (χ1n) is 5.31. The van der Waals surface area contributed by atoms with Gasteiger partial charge in [0.25, 0.3) is 0 Å². The Morgan fingerprint density at radius 2 is 2.31 bits per heavy atom. The van der Waals surface area contributed by atoms with E-state index >= 15 is 0 Å². The molecule has 0 aromatic carbocycles. The molecular weight excluding hydrogens is 166 g/mol. The Bertz CT molecular complexity index is 153. The van der Waals surface area contributed by atoms with E-state index < -0.39 is 0 Å². The summed E-state index contributed by atoms with van der Waals surface area (Å²) in [5.74, 6) is 0. The SMILES string of the molecule is CC(CNC1CC1)OC1CCOC1. The van der Waals surface area contributed by atoms with Gasteiger partial charge < -0.3 is 14.8 Å². The van der Waals surface area contributed by atoms with Crippen molar-refractivity contribution in [1.82, 2.24) is 5.32 Å². The van der Waals surface area contributed by atoms with Gasteiger partial charge in [-0.15, -0.1) is 0 Å². The highest BCUT2D eigenvalue weighted by Gasteiger charge is 2.23. The molecule has 1 N–H and O–H groups in total. The number of hydrogen-bond acceptors (Lipinski definition) is 3. The quantitative estimate of drug-likeness (QED) is 0.691. The Morgan fingerprint density at radius 1 is 1.46 bits per heavy atom. The lowest BCUT2D eigenvalue weighted by atomic mass is 10.3. The Labute approximate surface area is 79.8 Å². The molecule has 1 saturated carbocycles. The summed E-state index contributed by atoms with van der Waals surface area (Å²) in [6, 6.07) is 0.783. The molecule has 0 aromatic rings. The Morgan fingerprint density at radius 3 is 2.92 bits per heavy atom. The Balaban J connectivity index is 1.56. The molecule has 3 nitrogen and oxygen atoms in total. The average molecular weight is 185 g/mol. The maximum Gasteiger partial charge on any atom is 0.0834 e. The zero-order valence-electron chi connectivity index (χ0n) is 8.29. The van der Waals surface area contributed by atoms with Crippen molar-refractivity contribution in [2.45, 2.75) is 44.4 Å².